The molecule has 17 heavy (non-hydrogen) atoms. The standard InChI is InChI=1S/C13H14N2O2/c1-9(2)10-7-14-15(8-10)12-6-4-3-5-11(12)13(16)17/h3-9H,1-2H3,(H,16,17). The van der Waals surface area contributed by atoms with Crippen LogP contribution in [0.2, 0.25) is 0 Å². The minimum atomic E-state index is -0.942. The number of carboxylic acid groups (broad SMARTS) is 1. The maximum absolute atomic E-state index is 11.1. The molecule has 4 nitrogen and oxygen atoms in total. The van der Waals surface area contributed by atoms with Gasteiger partial charge in [-0.2, -0.15) is 5.10 Å². The monoisotopic (exact) mass is 230 g/mol. The van der Waals surface area contributed by atoms with Gasteiger partial charge in [-0.3, -0.25) is 0 Å². The number of hydrogen-bond acceptors (Lipinski definition) is 2. The zero-order valence-corrected chi connectivity index (χ0v) is 9.79. The molecule has 1 heterocycles. The first kappa shape index (κ1) is 11.4. The Balaban J connectivity index is 2.49. The highest BCUT2D eigenvalue weighted by Crippen LogP contribution is 2.18. The van der Waals surface area contributed by atoms with Crippen LogP contribution in [-0.2, 0) is 0 Å². The summed E-state index contributed by atoms with van der Waals surface area (Å²) in [7, 11) is 0. The summed E-state index contributed by atoms with van der Waals surface area (Å²) in [5, 5.41) is 13.3. The van der Waals surface area contributed by atoms with Crippen LogP contribution in [0.3, 0.4) is 0 Å². The van der Waals surface area contributed by atoms with E-state index in [1.165, 1.54) is 0 Å². The van der Waals surface area contributed by atoms with Gasteiger partial charge in [-0.15, -0.1) is 0 Å². The van der Waals surface area contributed by atoms with E-state index >= 15 is 0 Å². The Kier molecular flexibility index (Phi) is 2.95. The Hall–Kier alpha value is -2.10. The minimum absolute atomic E-state index is 0.255. The van der Waals surface area contributed by atoms with Crippen molar-refractivity contribution in [2.24, 2.45) is 0 Å². The van der Waals surface area contributed by atoms with Crippen LogP contribution in [0.4, 0.5) is 0 Å². The van der Waals surface area contributed by atoms with Gasteiger partial charge in [-0.25, -0.2) is 9.48 Å². The van der Waals surface area contributed by atoms with Crippen molar-refractivity contribution in [3.63, 3.8) is 0 Å². The van der Waals surface area contributed by atoms with Crippen molar-refractivity contribution in [1.29, 1.82) is 0 Å². The largest absolute Gasteiger partial charge is 0.478 e. The lowest BCUT2D eigenvalue weighted by Crippen LogP contribution is -2.05. The van der Waals surface area contributed by atoms with E-state index in [-0.39, 0.29) is 5.56 Å². The van der Waals surface area contributed by atoms with E-state index in [9.17, 15) is 4.79 Å². The lowest BCUT2D eigenvalue weighted by atomic mass is 10.1. The van der Waals surface area contributed by atoms with Crippen LogP contribution in [0.25, 0.3) is 5.69 Å². The van der Waals surface area contributed by atoms with Gasteiger partial charge in [-0.1, -0.05) is 26.0 Å². The van der Waals surface area contributed by atoms with Gasteiger partial charge in [0, 0.05) is 6.20 Å². The molecule has 0 unspecified atom stereocenters. The van der Waals surface area contributed by atoms with E-state index in [0.717, 1.165) is 5.56 Å². The molecular weight excluding hydrogens is 216 g/mol. The van der Waals surface area contributed by atoms with Gasteiger partial charge >= 0.3 is 5.97 Å². The van der Waals surface area contributed by atoms with Crippen LogP contribution in [0.15, 0.2) is 36.7 Å². The number of para-hydroxylation sites is 1. The molecule has 0 fully saturated rings. The first-order valence-corrected chi connectivity index (χ1v) is 5.47. The topological polar surface area (TPSA) is 55.1 Å². The second-order valence-corrected chi connectivity index (χ2v) is 4.20. The number of nitrogens with zero attached hydrogens (tertiary/aromatic N) is 2. The molecule has 1 aromatic heterocycles. The van der Waals surface area contributed by atoms with Gasteiger partial charge in [0.25, 0.3) is 0 Å². The first-order chi connectivity index (χ1) is 8.09. The summed E-state index contributed by atoms with van der Waals surface area (Å²) in [5.74, 6) is -0.567. The highest BCUT2D eigenvalue weighted by molar-refractivity contribution is 5.91. The van der Waals surface area contributed by atoms with Crippen molar-refractivity contribution in [3.8, 4) is 5.69 Å². The van der Waals surface area contributed by atoms with Crippen LogP contribution in [-0.4, -0.2) is 20.9 Å². The molecule has 0 radical (unpaired) electrons. The smallest absolute Gasteiger partial charge is 0.337 e. The van der Waals surface area contributed by atoms with E-state index < -0.39 is 5.97 Å². The SMILES string of the molecule is CC(C)c1cnn(-c2ccccc2C(=O)O)c1. The molecule has 88 valence electrons. The predicted octanol–water partition coefficient (Wildman–Crippen LogP) is 2.69. The van der Waals surface area contributed by atoms with E-state index in [2.05, 4.69) is 18.9 Å². The lowest BCUT2D eigenvalue weighted by Gasteiger charge is -2.05. The van der Waals surface area contributed by atoms with Crippen molar-refractivity contribution >= 4 is 5.97 Å². The number of carboxylic acids is 1. The number of aromatic nitrogens is 2. The van der Waals surface area contributed by atoms with Gasteiger partial charge in [-0.05, 0) is 23.6 Å². The molecule has 2 aromatic rings. The lowest BCUT2D eigenvalue weighted by molar-refractivity contribution is 0.0696. The van der Waals surface area contributed by atoms with Crippen LogP contribution >= 0.6 is 0 Å². The second-order valence-electron chi connectivity index (χ2n) is 4.20. The third-order valence-corrected chi connectivity index (χ3v) is 2.65. The zero-order valence-electron chi connectivity index (χ0n) is 9.79. The zero-order chi connectivity index (χ0) is 12.4. The number of aromatic carboxylic acids is 1. The molecule has 0 bridgehead atoms. The van der Waals surface area contributed by atoms with Gasteiger partial charge in [0.2, 0.25) is 0 Å². The fourth-order valence-corrected chi connectivity index (χ4v) is 1.62. The van der Waals surface area contributed by atoms with Crippen molar-refractivity contribution in [1.82, 2.24) is 9.78 Å². The summed E-state index contributed by atoms with van der Waals surface area (Å²) in [6.45, 7) is 4.15. The van der Waals surface area contributed by atoms with Gasteiger partial charge in [0.1, 0.15) is 0 Å². The molecule has 0 saturated carbocycles. The molecule has 0 atom stereocenters. The Labute approximate surface area is 99.5 Å². The van der Waals surface area contributed by atoms with Crippen molar-refractivity contribution in [3.05, 3.63) is 47.8 Å². The average Bonchev–Trinajstić information content (AvgIpc) is 2.78. The Morgan fingerprint density at radius 1 is 1.35 bits per heavy atom. The third-order valence-electron chi connectivity index (χ3n) is 2.65. The molecule has 0 aliphatic rings. The molecule has 0 saturated heterocycles. The molecule has 4 heteroatoms. The maximum atomic E-state index is 11.1. The van der Waals surface area contributed by atoms with E-state index in [1.54, 1.807) is 35.1 Å². The molecule has 0 spiro atoms. The molecule has 2 rings (SSSR count). The Bertz CT molecular complexity index is 544. The summed E-state index contributed by atoms with van der Waals surface area (Å²) in [4.78, 5) is 11.1. The van der Waals surface area contributed by atoms with Crippen molar-refractivity contribution in [2.75, 3.05) is 0 Å². The van der Waals surface area contributed by atoms with Gasteiger partial charge in [0.15, 0.2) is 0 Å². The summed E-state index contributed by atoms with van der Waals surface area (Å²) in [6, 6.07) is 6.84. The highest BCUT2D eigenvalue weighted by Gasteiger charge is 2.12. The van der Waals surface area contributed by atoms with E-state index in [4.69, 9.17) is 5.11 Å². The molecule has 1 aromatic carbocycles. The quantitative estimate of drug-likeness (QED) is 0.882. The van der Waals surface area contributed by atoms with Gasteiger partial charge < -0.3 is 5.11 Å². The predicted molar refractivity (Wildman–Crippen MR) is 64.6 cm³/mol. The van der Waals surface area contributed by atoms with Crippen molar-refractivity contribution < 1.29 is 9.90 Å². The molecule has 0 amide bonds. The van der Waals surface area contributed by atoms with Crippen LogP contribution < -0.4 is 0 Å². The number of benzene rings is 1. The number of hydrogen-bond donors (Lipinski definition) is 1. The van der Waals surface area contributed by atoms with E-state index in [1.807, 2.05) is 6.20 Å². The summed E-state index contributed by atoms with van der Waals surface area (Å²) < 4.78 is 1.61. The average molecular weight is 230 g/mol. The summed E-state index contributed by atoms with van der Waals surface area (Å²) >= 11 is 0. The minimum Gasteiger partial charge on any atom is -0.478 e. The van der Waals surface area contributed by atoms with Crippen molar-refractivity contribution in [2.45, 2.75) is 19.8 Å². The second kappa shape index (κ2) is 4.41. The maximum Gasteiger partial charge on any atom is 0.337 e. The van der Waals surface area contributed by atoms with Gasteiger partial charge in [0.05, 0.1) is 17.4 Å². The number of rotatable bonds is 3. The third kappa shape index (κ3) is 2.20. The molecule has 1 N–H and O–H groups in total. The van der Waals surface area contributed by atoms with Crippen LogP contribution in [0.1, 0.15) is 35.7 Å². The van der Waals surface area contributed by atoms with Crippen LogP contribution in [0.5, 0.6) is 0 Å². The Morgan fingerprint density at radius 3 is 2.65 bits per heavy atom. The fourth-order valence-electron chi connectivity index (χ4n) is 1.62. The first-order valence-electron chi connectivity index (χ1n) is 5.47. The highest BCUT2D eigenvalue weighted by atomic mass is 16.4. The molecular formula is C13H14N2O2. The fraction of sp³-hybridized carbons (Fsp3) is 0.231. The van der Waals surface area contributed by atoms with Crippen LogP contribution in [0, 0.1) is 0 Å². The van der Waals surface area contributed by atoms with E-state index in [0.29, 0.717) is 11.6 Å². The normalized spacial score (nSPS) is 10.8. The number of carbonyl (C=O) groups is 1. The summed E-state index contributed by atoms with van der Waals surface area (Å²) in [5.41, 5.74) is 1.93. The molecule has 0 aliphatic heterocycles. The Morgan fingerprint density at radius 2 is 2.06 bits per heavy atom. The summed E-state index contributed by atoms with van der Waals surface area (Å²) in [6.07, 6.45) is 3.63. The molecule has 0 aliphatic carbocycles.